The second kappa shape index (κ2) is 12.2. The molecule has 0 saturated heterocycles. The number of fused-ring (bicyclic) bond motifs is 2. The van der Waals surface area contributed by atoms with Crippen LogP contribution < -0.4 is 15.4 Å². The van der Waals surface area contributed by atoms with Crippen molar-refractivity contribution in [3.8, 4) is 11.5 Å². The van der Waals surface area contributed by atoms with Crippen LogP contribution in [0.4, 0.5) is 0 Å². The number of carbonyl (C=O) groups excluding carboxylic acids is 2. The quantitative estimate of drug-likeness (QED) is 0.338. The average molecular weight is 489 g/mol. The highest BCUT2D eigenvalue weighted by atomic mass is 16.5. The van der Waals surface area contributed by atoms with E-state index in [0.29, 0.717) is 31.3 Å². The molecule has 0 bridgehead atoms. The van der Waals surface area contributed by atoms with Crippen molar-refractivity contribution in [2.45, 2.75) is 70.6 Å². The average Bonchev–Trinajstić information content (AvgIpc) is 2.92. The van der Waals surface area contributed by atoms with E-state index in [2.05, 4.69) is 10.6 Å². The molecule has 5 heteroatoms. The summed E-state index contributed by atoms with van der Waals surface area (Å²) in [5.74, 6) is 3.24. The van der Waals surface area contributed by atoms with E-state index in [4.69, 9.17) is 4.74 Å². The minimum Gasteiger partial charge on any atom is -0.457 e. The van der Waals surface area contributed by atoms with Crippen molar-refractivity contribution in [2.75, 3.05) is 26.2 Å². The standard InChI is InChI=1S/C31H40N2O3/c34-28(20-32-18-22-7-3-1-4-8-22)24-11-13-30-26(15-24)17-27-16-25(12-14-31(27)36-30)29(35)21-33-19-23-9-5-2-6-10-23/h11-16,22-23,32-33H,1-10,17-21H2. The van der Waals surface area contributed by atoms with Crippen molar-refractivity contribution < 1.29 is 14.3 Å². The first-order valence-electron chi connectivity index (χ1n) is 14.1. The summed E-state index contributed by atoms with van der Waals surface area (Å²) in [4.78, 5) is 25.6. The van der Waals surface area contributed by atoms with Crippen LogP contribution in [0.2, 0.25) is 0 Å². The Bertz CT molecular complexity index is 984. The van der Waals surface area contributed by atoms with Crippen molar-refractivity contribution in [1.29, 1.82) is 0 Å². The number of carbonyl (C=O) groups is 2. The molecule has 0 spiro atoms. The maximum atomic E-state index is 12.8. The van der Waals surface area contributed by atoms with Crippen LogP contribution >= 0.6 is 0 Å². The Hall–Kier alpha value is -2.50. The van der Waals surface area contributed by atoms with Crippen molar-refractivity contribution >= 4 is 11.6 Å². The summed E-state index contributed by atoms with van der Waals surface area (Å²) in [6.07, 6.45) is 13.7. The van der Waals surface area contributed by atoms with Gasteiger partial charge >= 0.3 is 0 Å². The Morgan fingerprint density at radius 2 is 1.11 bits per heavy atom. The predicted octanol–water partition coefficient (Wildman–Crippen LogP) is 6.09. The molecule has 2 saturated carbocycles. The maximum absolute atomic E-state index is 12.8. The summed E-state index contributed by atoms with van der Waals surface area (Å²) >= 11 is 0. The van der Waals surface area contributed by atoms with Crippen LogP contribution in [0.5, 0.6) is 11.5 Å². The summed E-state index contributed by atoms with van der Waals surface area (Å²) < 4.78 is 6.11. The van der Waals surface area contributed by atoms with Gasteiger partial charge in [-0.3, -0.25) is 9.59 Å². The van der Waals surface area contributed by atoms with E-state index in [-0.39, 0.29) is 11.6 Å². The highest BCUT2D eigenvalue weighted by molar-refractivity contribution is 5.98. The molecule has 5 rings (SSSR count). The van der Waals surface area contributed by atoms with Gasteiger partial charge in [0, 0.05) is 28.7 Å². The van der Waals surface area contributed by atoms with Crippen LogP contribution in [0.15, 0.2) is 36.4 Å². The van der Waals surface area contributed by atoms with Gasteiger partial charge in [0.15, 0.2) is 11.6 Å². The lowest BCUT2D eigenvalue weighted by Gasteiger charge is -2.22. The first kappa shape index (κ1) is 25.2. The summed E-state index contributed by atoms with van der Waals surface area (Å²) in [7, 11) is 0. The van der Waals surface area contributed by atoms with Crippen LogP contribution in [0, 0.1) is 11.8 Å². The molecule has 2 N–H and O–H groups in total. The van der Waals surface area contributed by atoms with Gasteiger partial charge < -0.3 is 15.4 Å². The fraction of sp³-hybridized carbons (Fsp3) is 0.548. The monoisotopic (exact) mass is 488 g/mol. The predicted molar refractivity (Wildman–Crippen MR) is 143 cm³/mol. The van der Waals surface area contributed by atoms with E-state index in [1.54, 1.807) is 0 Å². The minimum absolute atomic E-state index is 0.118. The van der Waals surface area contributed by atoms with Crippen molar-refractivity contribution in [3.05, 3.63) is 58.7 Å². The van der Waals surface area contributed by atoms with Crippen LogP contribution in [-0.4, -0.2) is 37.7 Å². The van der Waals surface area contributed by atoms with Gasteiger partial charge in [0.05, 0.1) is 13.1 Å². The molecular weight excluding hydrogens is 448 g/mol. The summed E-state index contributed by atoms with van der Waals surface area (Å²) in [5, 5.41) is 6.76. The Morgan fingerprint density at radius 1 is 0.667 bits per heavy atom. The number of hydrogen-bond acceptors (Lipinski definition) is 5. The number of ketones is 2. The van der Waals surface area contributed by atoms with Crippen molar-refractivity contribution in [2.24, 2.45) is 11.8 Å². The lowest BCUT2D eigenvalue weighted by Crippen LogP contribution is -2.29. The molecule has 0 atom stereocenters. The van der Waals surface area contributed by atoms with Gasteiger partial charge in [-0.2, -0.15) is 0 Å². The largest absolute Gasteiger partial charge is 0.457 e. The summed E-state index contributed by atoms with van der Waals surface area (Å²) in [6.45, 7) is 2.61. The van der Waals surface area contributed by atoms with Gasteiger partial charge in [0.25, 0.3) is 0 Å². The first-order valence-corrected chi connectivity index (χ1v) is 14.1. The van der Waals surface area contributed by atoms with Gasteiger partial charge in [-0.15, -0.1) is 0 Å². The number of benzene rings is 2. The third kappa shape index (κ3) is 6.43. The van der Waals surface area contributed by atoms with Gasteiger partial charge in [0.1, 0.15) is 11.5 Å². The molecule has 1 heterocycles. The smallest absolute Gasteiger partial charge is 0.176 e. The molecule has 1 aliphatic heterocycles. The van der Waals surface area contributed by atoms with Gasteiger partial charge in [-0.25, -0.2) is 0 Å². The van der Waals surface area contributed by atoms with Crippen LogP contribution in [0.3, 0.4) is 0 Å². The second-order valence-electron chi connectivity index (χ2n) is 11.0. The SMILES string of the molecule is O=C(CNCC1CCCCC1)c1ccc2c(c1)Cc1cc(C(=O)CNCC3CCCCC3)ccc1O2. The Balaban J connectivity index is 1.16. The molecule has 2 aromatic carbocycles. The molecule has 0 aromatic heterocycles. The molecule has 0 radical (unpaired) electrons. The third-order valence-corrected chi connectivity index (χ3v) is 8.25. The highest BCUT2D eigenvalue weighted by Gasteiger charge is 2.21. The molecule has 0 amide bonds. The lowest BCUT2D eigenvalue weighted by atomic mass is 9.89. The zero-order valence-corrected chi connectivity index (χ0v) is 21.5. The lowest BCUT2D eigenvalue weighted by molar-refractivity contribution is 0.0981. The van der Waals surface area contributed by atoms with E-state index in [1.165, 1.54) is 64.2 Å². The van der Waals surface area contributed by atoms with E-state index in [1.807, 2.05) is 36.4 Å². The Labute approximate surface area is 215 Å². The van der Waals surface area contributed by atoms with E-state index in [9.17, 15) is 9.59 Å². The van der Waals surface area contributed by atoms with E-state index < -0.39 is 0 Å². The third-order valence-electron chi connectivity index (χ3n) is 8.25. The molecule has 192 valence electrons. The molecule has 2 aromatic rings. The van der Waals surface area contributed by atoms with Crippen LogP contribution in [0.25, 0.3) is 0 Å². The molecular formula is C31H40N2O3. The fourth-order valence-corrected chi connectivity index (χ4v) is 6.07. The van der Waals surface area contributed by atoms with Crippen molar-refractivity contribution in [3.63, 3.8) is 0 Å². The second-order valence-corrected chi connectivity index (χ2v) is 11.0. The van der Waals surface area contributed by atoms with Gasteiger partial charge in [0.2, 0.25) is 0 Å². The van der Waals surface area contributed by atoms with Crippen LogP contribution in [0.1, 0.15) is 96.1 Å². The molecule has 5 nitrogen and oxygen atoms in total. The van der Waals surface area contributed by atoms with Crippen LogP contribution in [-0.2, 0) is 6.42 Å². The van der Waals surface area contributed by atoms with E-state index in [0.717, 1.165) is 46.8 Å². The summed E-state index contributed by atoms with van der Waals surface area (Å²) in [5.41, 5.74) is 3.44. The van der Waals surface area contributed by atoms with Crippen molar-refractivity contribution in [1.82, 2.24) is 10.6 Å². The fourth-order valence-electron chi connectivity index (χ4n) is 6.07. The normalized spacial score (nSPS) is 18.2. The maximum Gasteiger partial charge on any atom is 0.176 e. The number of ether oxygens (including phenoxy) is 1. The molecule has 3 aliphatic rings. The van der Waals surface area contributed by atoms with Gasteiger partial charge in [-0.05, 0) is 87.0 Å². The molecule has 2 fully saturated rings. The zero-order chi connectivity index (χ0) is 24.7. The number of hydrogen-bond donors (Lipinski definition) is 2. The first-order chi connectivity index (χ1) is 17.7. The Morgan fingerprint density at radius 3 is 1.56 bits per heavy atom. The molecule has 0 unspecified atom stereocenters. The summed E-state index contributed by atoms with van der Waals surface area (Å²) in [6, 6.07) is 11.5. The number of rotatable bonds is 10. The topological polar surface area (TPSA) is 67.4 Å². The Kier molecular flexibility index (Phi) is 8.50. The zero-order valence-electron chi connectivity index (χ0n) is 21.5. The minimum atomic E-state index is 0.118. The molecule has 2 aliphatic carbocycles. The van der Waals surface area contributed by atoms with Gasteiger partial charge in [-0.1, -0.05) is 38.5 Å². The number of nitrogens with one attached hydrogen (secondary N) is 2. The van der Waals surface area contributed by atoms with E-state index >= 15 is 0 Å². The molecule has 36 heavy (non-hydrogen) atoms. The highest BCUT2D eigenvalue weighted by Crippen LogP contribution is 2.37. The number of Topliss-reactive ketones (excluding diaryl/α,β-unsaturated/α-hetero) is 2.